The highest BCUT2D eigenvalue weighted by Crippen LogP contribution is 2.19. The lowest BCUT2D eigenvalue weighted by Gasteiger charge is -2.03. The van der Waals surface area contributed by atoms with E-state index in [0.717, 1.165) is 0 Å². The van der Waals surface area contributed by atoms with Crippen LogP contribution in [0.15, 0.2) is 24.3 Å². The summed E-state index contributed by atoms with van der Waals surface area (Å²) in [4.78, 5) is 0. The van der Waals surface area contributed by atoms with E-state index >= 15 is 0 Å². The minimum Gasteiger partial charge on any atom is -0.393 e. The molecule has 0 unspecified atom stereocenters. The van der Waals surface area contributed by atoms with Crippen LogP contribution in [0.2, 0.25) is 5.02 Å². The van der Waals surface area contributed by atoms with Crippen molar-refractivity contribution in [2.24, 2.45) is 0 Å². The molecule has 0 aliphatic rings. The van der Waals surface area contributed by atoms with Gasteiger partial charge in [-0.1, -0.05) is 23.7 Å². The zero-order chi connectivity index (χ0) is 8.27. The fourth-order valence-corrected chi connectivity index (χ4v) is 1.01. The van der Waals surface area contributed by atoms with E-state index in [4.69, 9.17) is 16.7 Å². The van der Waals surface area contributed by atoms with Crippen LogP contribution >= 0.6 is 11.6 Å². The third kappa shape index (κ3) is 2.17. The van der Waals surface area contributed by atoms with Crippen LogP contribution in [-0.4, -0.2) is 11.7 Å². The second-order valence-corrected chi connectivity index (χ2v) is 2.64. The lowest BCUT2D eigenvalue weighted by atomic mass is 10.1. The van der Waals surface area contributed by atoms with Crippen LogP contribution in [-0.2, 0) is 0 Å². The van der Waals surface area contributed by atoms with Gasteiger partial charge in [0.2, 0.25) is 0 Å². The van der Waals surface area contributed by atoms with E-state index < -0.39 is 12.8 Å². The molecule has 1 N–H and O–H groups in total. The summed E-state index contributed by atoms with van der Waals surface area (Å²) in [7, 11) is 0. The van der Waals surface area contributed by atoms with Gasteiger partial charge in [-0.15, -0.1) is 0 Å². The molecule has 11 heavy (non-hydrogen) atoms. The van der Waals surface area contributed by atoms with Crippen LogP contribution in [0.3, 0.4) is 0 Å². The fraction of sp³-hybridized carbons (Fsp3) is 0.250. The van der Waals surface area contributed by atoms with Crippen molar-refractivity contribution in [1.82, 2.24) is 0 Å². The van der Waals surface area contributed by atoms with Gasteiger partial charge in [0.1, 0.15) is 6.17 Å². The molecule has 1 nitrogen and oxygen atoms in total. The molecular formula is C8H8ClFO. The summed E-state index contributed by atoms with van der Waals surface area (Å²) in [6.07, 6.45) is -1.33. The Morgan fingerprint density at radius 1 is 1.55 bits per heavy atom. The van der Waals surface area contributed by atoms with E-state index in [0.29, 0.717) is 10.6 Å². The maximum atomic E-state index is 12.7. The molecule has 0 amide bonds. The minimum atomic E-state index is -1.33. The topological polar surface area (TPSA) is 20.2 Å². The molecule has 0 aliphatic carbocycles. The molecule has 0 radical (unpaired) electrons. The SMILES string of the molecule is OC[C@@H](F)c1cccc(Cl)c1. The Morgan fingerprint density at radius 3 is 2.82 bits per heavy atom. The molecule has 0 heterocycles. The van der Waals surface area contributed by atoms with Crippen molar-refractivity contribution in [3.05, 3.63) is 34.9 Å². The van der Waals surface area contributed by atoms with Crippen LogP contribution in [0.25, 0.3) is 0 Å². The average molecular weight is 175 g/mol. The van der Waals surface area contributed by atoms with Gasteiger partial charge in [0.05, 0.1) is 6.61 Å². The van der Waals surface area contributed by atoms with Gasteiger partial charge in [-0.2, -0.15) is 0 Å². The first-order valence-electron chi connectivity index (χ1n) is 3.24. The van der Waals surface area contributed by atoms with Crippen LogP contribution < -0.4 is 0 Å². The summed E-state index contributed by atoms with van der Waals surface area (Å²) in [5.41, 5.74) is 0.417. The maximum absolute atomic E-state index is 12.7. The van der Waals surface area contributed by atoms with E-state index in [-0.39, 0.29) is 0 Å². The number of hydrogen-bond acceptors (Lipinski definition) is 1. The summed E-state index contributed by atoms with van der Waals surface area (Å²) in [5, 5.41) is 8.95. The lowest BCUT2D eigenvalue weighted by Crippen LogP contribution is -1.96. The lowest BCUT2D eigenvalue weighted by molar-refractivity contribution is 0.180. The van der Waals surface area contributed by atoms with Gasteiger partial charge in [-0.25, -0.2) is 4.39 Å². The predicted molar refractivity (Wildman–Crippen MR) is 42.4 cm³/mol. The van der Waals surface area contributed by atoms with Crippen LogP contribution in [0.4, 0.5) is 4.39 Å². The standard InChI is InChI=1S/C8H8ClFO/c9-7-3-1-2-6(4-7)8(10)5-11/h1-4,8,11H,5H2/t8-/m1/s1. The first kappa shape index (κ1) is 8.50. The van der Waals surface area contributed by atoms with Crippen molar-refractivity contribution in [3.8, 4) is 0 Å². The average Bonchev–Trinajstić information content (AvgIpc) is 2.03. The Kier molecular flexibility index (Phi) is 2.85. The zero-order valence-electron chi connectivity index (χ0n) is 5.80. The van der Waals surface area contributed by atoms with Gasteiger partial charge in [-0.05, 0) is 17.7 Å². The van der Waals surface area contributed by atoms with Gasteiger partial charge in [0, 0.05) is 5.02 Å². The van der Waals surface area contributed by atoms with Crippen LogP contribution in [0.1, 0.15) is 11.7 Å². The van der Waals surface area contributed by atoms with E-state index in [1.54, 1.807) is 18.2 Å². The fourth-order valence-electron chi connectivity index (χ4n) is 0.807. The van der Waals surface area contributed by atoms with Crippen molar-refractivity contribution in [2.75, 3.05) is 6.61 Å². The Bertz CT molecular complexity index is 239. The van der Waals surface area contributed by atoms with E-state index in [1.807, 2.05) is 0 Å². The third-order valence-electron chi connectivity index (χ3n) is 1.37. The van der Waals surface area contributed by atoms with Gasteiger partial charge < -0.3 is 5.11 Å². The molecule has 1 aromatic rings. The molecule has 1 atom stereocenters. The number of hydrogen-bond donors (Lipinski definition) is 1. The quantitative estimate of drug-likeness (QED) is 0.730. The third-order valence-corrected chi connectivity index (χ3v) is 1.61. The van der Waals surface area contributed by atoms with E-state index in [1.165, 1.54) is 6.07 Å². The van der Waals surface area contributed by atoms with Gasteiger partial charge in [-0.3, -0.25) is 0 Å². The van der Waals surface area contributed by atoms with E-state index in [2.05, 4.69) is 0 Å². The summed E-state index contributed by atoms with van der Waals surface area (Å²) in [5.74, 6) is 0. The smallest absolute Gasteiger partial charge is 0.148 e. The normalized spacial score (nSPS) is 13.0. The number of benzene rings is 1. The van der Waals surface area contributed by atoms with Gasteiger partial charge in [0.25, 0.3) is 0 Å². The number of alkyl halides is 1. The summed E-state index contributed by atoms with van der Waals surface area (Å²) < 4.78 is 12.7. The summed E-state index contributed by atoms with van der Waals surface area (Å²) in [6.45, 7) is -0.500. The minimum absolute atomic E-state index is 0.417. The van der Waals surface area contributed by atoms with E-state index in [9.17, 15) is 4.39 Å². The van der Waals surface area contributed by atoms with Crippen molar-refractivity contribution in [2.45, 2.75) is 6.17 Å². The second-order valence-electron chi connectivity index (χ2n) is 2.21. The molecule has 0 bridgehead atoms. The van der Waals surface area contributed by atoms with Gasteiger partial charge >= 0.3 is 0 Å². The Hall–Kier alpha value is -0.600. The molecule has 3 heteroatoms. The van der Waals surface area contributed by atoms with Crippen LogP contribution in [0, 0.1) is 0 Å². The Balaban J connectivity index is 2.86. The number of aliphatic hydroxyl groups is 1. The highest BCUT2D eigenvalue weighted by atomic mass is 35.5. The molecular weight excluding hydrogens is 167 g/mol. The van der Waals surface area contributed by atoms with Crippen molar-refractivity contribution < 1.29 is 9.50 Å². The van der Waals surface area contributed by atoms with Crippen molar-refractivity contribution in [3.63, 3.8) is 0 Å². The maximum Gasteiger partial charge on any atom is 0.148 e. The molecule has 1 aromatic carbocycles. The van der Waals surface area contributed by atoms with Crippen LogP contribution in [0.5, 0.6) is 0 Å². The van der Waals surface area contributed by atoms with Gasteiger partial charge in [0.15, 0.2) is 0 Å². The largest absolute Gasteiger partial charge is 0.393 e. The van der Waals surface area contributed by atoms with Crippen molar-refractivity contribution >= 4 is 11.6 Å². The Labute approximate surface area is 69.4 Å². The summed E-state index contributed by atoms with van der Waals surface area (Å²) >= 11 is 5.60. The predicted octanol–water partition coefficient (Wildman–Crippen LogP) is 2.34. The highest BCUT2D eigenvalue weighted by Gasteiger charge is 2.06. The number of rotatable bonds is 2. The monoisotopic (exact) mass is 174 g/mol. The molecule has 60 valence electrons. The van der Waals surface area contributed by atoms with Crippen molar-refractivity contribution in [1.29, 1.82) is 0 Å². The first-order valence-corrected chi connectivity index (χ1v) is 3.62. The molecule has 0 fully saturated rings. The number of halogens is 2. The Morgan fingerprint density at radius 2 is 2.27 bits per heavy atom. The second kappa shape index (κ2) is 3.69. The molecule has 0 aliphatic heterocycles. The first-order chi connectivity index (χ1) is 5.24. The number of aliphatic hydroxyl groups excluding tert-OH is 1. The molecule has 0 saturated carbocycles. The highest BCUT2D eigenvalue weighted by molar-refractivity contribution is 6.30. The molecule has 0 aromatic heterocycles. The molecule has 0 saturated heterocycles. The molecule has 1 rings (SSSR count). The molecule has 0 spiro atoms. The zero-order valence-corrected chi connectivity index (χ0v) is 6.55. The summed E-state index contributed by atoms with van der Waals surface area (Å²) in [6, 6.07) is 6.41.